The first kappa shape index (κ1) is 12.2. The van der Waals surface area contributed by atoms with Gasteiger partial charge < -0.3 is 4.90 Å². The molecule has 3 heteroatoms. The smallest absolute Gasteiger partial charge is 0.305 e. The van der Waals surface area contributed by atoms with E-state index in [9.17, 15) is 0 Å². The standard InChI is InChI=1S/C19H18N3/c1-3-8-16-14(6-1)12-18-20-19-13-15-7-2-4-9-17(15)22(19)11-5-10-21(16)18/h1-4,6-9H,5,10-13H2/q+1. The minimum atomic E-state index is 0.962. The van der Waals surface area contributed by atoms with Gasteiger partial charge in [0.1, 0.15) is 5.69 Å². The second-order valence-electron chi connectivity index (χ2n) is 6.21. The monoisotopic (exact) mass is 288 g/mol. The number of nitrogens with zero attached hydrogens (tertiary/aromatic N) is 3. The zero-order valence-electron chi connectivity index (χ0n) is 12.5. The summed E-state index contributed by atoms with van der Waals surface area (Å²) >= 11 is 0. The van der Waals surface area contributed by atoms with E-state index in [0.717, 1.165) is 32.4 Å². The Hall–Kier alpha value is -2.42. The molecule has 0 atom stereocenters. The van der Waals surface area contributed by atoms with Gasteiger partial charge in [-0.15, -0.1) is 0 Å². The van der Waals surface area contributed by atoms with Crippen molar-refractivity contribution in [3.63, 3.8) is 0 Å². The van der Waals surface area contributed by atoms with E-state index in [-0.39, 0.29) is 0 Å². The maximum absolute atomic E-state index is 5.07. The molecular weight excluding hydrogens is 270 g/mol. The highest BCUT2D eigenvalue weighted by molar-refractivity contribution is 6.10. The Kier molecular flexibility index (Phi) is 2.51. The molecule has 0 spiro atoms. The van der Waals surface area contributed by atoms with E-state index in [2.05, 4.69) is 58.0 Å². The van der Waals surface area contributed by atoms with Crippen LogP contribution in [0.3, 0.4) is 0 Å². The van der Waals surface area contributed by atoms with Gasteiger partial charge in [-0.3, -0.25) is 0 Å². The van der Waals surface area contributed by atoms with Gasteiger partial charge in [0.2, 0.25) is 5.84 Å². The predicted molar refractivity (Wildman–Crippen MR) is 89.5 cm³/mol. The van der Waals surface area contributed by atoms with Crippen molar-refractivity contribution in [1.82, 2.24) is 0 Å². The van der Waals surface area contributed by atoms with Crippen LogP contribution in [0.15, 0.2) is 53.5 Å². The molecule has 0 aliphatic carbocycles. The van der Waals surface area contributed by atoms with Gasteiger partial charge >= 0.3 is 5.84 Å². The first-order valence-corrected chi connectivity index (χ1v) is 8.04. The van der Waals surface area contributed by atoms with Crippen molar-refractivity contribution in [2.45, 2.75) is 19.3 Å². The van der Waals surface area contributed by atoms with Crippen LogP contribution in [-0.4, -0.2) is 29.3 Å². The summed E-state index contributed by atoms with van der Waals surface area (Å²) < 4.78 is 2.42. The summed E-state index contributed by atoms with van der Waals surface area (Å²) in [5.41, 5.74) is 5.52. The molecule has 0 amide bonds. The molecule has 0 N–H and O–H groups in total. The molecule has 0 aromatic heterocycles. The summed E-state index contributed by atoms with van der Waals surface area (Å²) in [7, 11) is 0. The van der Waals surface area contributed by atoms with Gasteiger partial charge in [-0.05, 0) is 22.7 Å². The first-order chi connectivity index (χ1) is 10.9. The fourth-order valence-corrected chi connectivity index (χ4v) is 3.89. The summed E-state index contributed by atoms with van der Waals surface area (Å²) in [6.45, 7) is 2.11. The van der Waals surface area contributed by atoms with E-state index in [1.54, 1.807) is 0 Å². The minimum absolute atomic E-state index is 0.962. The summed E-state index contributed by atoms with van der Waals surface area (Å²) in [6, 6.07) is 17.4. The highest BCUT2D eigenvalue weighted by Crippen LogP contribution is 2.32. The molecule has 0 fully saturated rings. The van der Waals surface area contributed by atoms with Crippen molar-refractivity contribution in [3.05, 3.63) is 59.7 Å². The fourth-order valence-electron chi connectivity index (χ4n) is 3.89. The third-order valence-corrected chi connectivity index (χ3v) is 4.91. The third-order valence-electron chi connectivity index (χ3n) is 4.91. The number of anilines is 1. The first-order valence-electron chi connectivity index (χ1n) is 8.04. The molecule has 3 heterocycles. The number of rotatable bonds is 0. The van der Waals surface area contributed by atoms with Crippen LogP contribution in [0.25, 0.3) is 0 Å². The van der Waals surface area contributed by atoms with Gasteiger partial charge in [0.15, 0.2) is 0 Å². The normalized spacial score (nSPS) is 18.9. The van der Waals surface area contributed by atoms with E-state index in [4.69, 9.17) is 4.99 Å². The van der Waals surface area contributed by atoms with Crippen LogP contribution < -0.4 is 4.90 Å². The van der Waals surface area contributed by atoms with E-state index in [1.807, 2.05) is 0 Å². The fraction of sp³-hybridized carbons (Fsp3) is 0.263. The Morgan fingerprint density at radius 2 is 1.73 bits per heavy atom. The Morgan fingerprint density at radius 3 is 2.68 bits per heavy atom. The molecule has 0 saturated heterocycles. The number of hydrogen-bond acceptors (Lipinski definition) is 2. The highest BCUT2D eigenvalue weighted by atomic mass is 15.3. The predicted octanol–water partition coefficient (Wildman–Crippen LogP) is 3.15. The van der Waals surface area contributed by atoms with Gasteiger partial charge in [0.25, 0.3) is 0 Å². The third kappa shape index (κ3) is 1.68. The maximum Gasteiger partial charge on any atom is 0.305 e. The van der Waals surface area contributed by atoms with E-state index >= 15 is 0 Å². The van der Waals surface area contributed by atoms with Crippen molar-refractivity contribution < 1.29 is 4.58 Å². The molecule has 3 aliphatic rings. The minimum Gasteiger partial charge on any atom is -0.309 e. The van der Waals surface area contributed by atoms with Gasteiger partial charge in [0.05, 0.1) is 19.4 Å². The molecular formula is C19H18N3+. The quantitative estimate of drug-likeness (QED) is 0.681. The lowest BCUT2D eigenvalue weighted by Crippen LogP contribution is -2.33. The zero-order valence-corrected chi connectivity index (χ0v) is 12.5. The topological polar surface area (TPSA) is 18.6 Å². The van der Waals surface area contributed by atoms with Crippen LogP contribution >= 0.6 is 0 Å². The largest absolute Gasteiger partial charge is 0.309 e. The average Bonchev–Trinajstić information content (AvgIpc) is 3.04. The Labute approximate surface area is 130 Å². The number of hydrogen-bond donors (Lipinski definition) is 0. The van der Waals surface area contributed by atoms with E-state index < -0.39 is 0 Å². The lowest BCUT2D eigenvalue weighted by atomic mass is 10.1. The van der Waals surface area contributed by atoms with Crippen molar-refractivity contribution in [3.8, 4) is 0 Å². The van der Waals surface area contributed by atoms with Gasteiger partial charge in [-0.25, -0.2) is 4.58 Å². The number of fused-ring (bicyclic) bond motifs is 5. The SMILES string of the molecule is c1ccc2c(c1)CC1=NC3=[N+](CCCN12)c1ccccc1C3. The summed E-state index contributed by atoms with van der Waals surface area (Å²) in [4.78, 5) is 7.49. The van der Waals surface area contributed by atoms with Crippen LogP contribution in [-0.2, 0) is 12.8 Å². The van der Waals surface area contributed by atoms with Crippen molar-refractivity contribution >= 4 is 23.0 Å². The number of benzene rings is 2. The summed E-state index contributed by atoms with van der Waals surface area (Å²) in [5, 5.41) is 0. The number of para-hydroxylation sites is 2. The zero-order chi connectivity index (χ0) is 14.5. The second-order valence-corrected chi connectivity index (χ2v) is 6.21. The Morgan fingerprint density at radius 1 is 0.909 bits per heavy atom. The molecule has 3 aliphatic heterocycles. The summed E-state index contributed by atoms with van der Waals surface area (Å²) in [5.74, 6) is 2.43. The lowest BCUT2D eigenvalue weighted by Gasteiger charge is -2.19. The maximum atomic E-state index is 5.07. The lowest BCUT2D eigenvalue weighted by molar-refractivity contribution is -0.438. The molecule has 2 aromatic carbocycles. The highest BCUT2D eigenvalue weighted by Gasteiger charge is 2.35. The number of aliphatic imine (C=N–C) groups is 1. The molecule has 0 saturated carbocycles. The van der Waals surface area contributed by atoms with Crippen LogP contribution in [0.4, 0.5) is 11.4 Å². The molecule has 108 valence electrons. The van der Waals surface area contributed by atoms with Gasteiger partial charge in [-0.1, -0.05) is 36.4 Å². The molecule has 22 heavy (non-hydrogen) atoms. The number of amidine groups is 2. The summed E-state index contributed by atoms with van der Waals surface area (Å²) in [6.07, 6.45) is 3.08. The second kappa shape index (κ2) is 4.54. The van der Waals surface area contributed by atoms with Crippen LogP contribution in [0.1, 0.15) is 17.5 Å². The van der Waals surface area contributed by atoms with Crippen molar-refractivity contribution in [2.24, 2.45) is 4.99 Å². The van der Waals surface area contributed by atoms with Crippen LogP contribution in [0.5, 0.6) is 0 Å². The van der Waals surface area contributed by atoms with Gasteiger partial charge in [-0.2, -0.15) is 0 Å². The molecule has 2 aromatic rings. The Bertz CT molecular complexity index is 832. The van der Waals surface area contributed by atoms with Crippen molar-refractivity contribution in [1.29, 1.82) is 0 Å². The molecule has 0 unspecified atom stereocenters. The molecule has 5 rings (SSSR count). The van der Waals surface area contributed by atoms with E-state index in [1.165, 1.54) is 34.2 Å². The van der Waals surface area contributed by atoms with Crippen LogP contribution in [0.2, 0.25) is 0 Å². The van der Waals surface area contributed by atoms with Crippen molar-refractivity contribution in [2.75, 3.05) is 18.0 Å². The molecule has 0 bridgehead atoms. The van der Waals surface area contributed by atoms with Gasteiger partial charge in [0, 0.05) is 24.2 Å². The van der Waals surface area contributed by atoms with E-state index in [0.29, 0.717) is 0 Å². The molecule has 3 nitrogen and oxygen atoms in total. The van der Waals surface area contributed by atoms with Crippen LogP contribution in [0, 0.1) is 0 Å². The molecule has 0 radical (unpaired) electrons. The Balaban J connectivity index is 1.61. The average molecular weight is 288 g/mol.